The van der Waals surface area contributed by atoms with Crippen LogP contribution in [0.15, 0.2) is 54.6 Å². The van der Waals surface area contributed by atoms with E-state index in [0.29, 0.717) is 17.7 Å². The minimum Gasteiger partial charge on any atom is -0.452 e. The summed E-state index contributed by atoms with van der Waals surface area (Å²) in [5, 5.41) is 4.42. The second-order valence-electron chi connectivity index (χ2n) is 5.65. The van der Waals surface area contributed by atoms with Crippen molar-refractivity contribution in [2.75, 3.05) is 26.9 Å². The van der Waals surface area contributed by atoms with Crippen LogP contribution in [-0.2, 0) is 14.3 Å². The number of amides is 3. The normalized spacial score (nSPS) is 10.0. The Morgan fingerprint density at radius 1 is 0.857 bits per heavy atom. The molecular weight excluding hydrogens is 364 g/mol. The van der Waals surface area contributed by atoms with Crippen molar-refractivity contribution in [3.8, 4) is 0 Å². The van der Waals surface area contributed by atoms with Crippen LogP contribution in [0.4, 0.5) is 4.79 Å². The van der Waals surface area contributed by atoms with Crippen molar-refractivity contribution >= 4 is 23.7 Å². The fourth-order valence-corrected chi connectivity index (χ4v) is 2.20. The highest BCUT2D eigenvalue weighted by Crippen LogP contribution is 2.11. The molecule has 0 aliphatic rings. The highest BCUT2D eigenvalue weighted by atomic mass is 16.5. The minimum atomic E-state index is -0.765. The minimum absolute atomic E-state index is 0.167. The van der Waals surface area contributed by atoms with Crippen LogP contribution in [0.2, 0.25) is 0 Å². The number of benzene rings is 2. The van der Waals surface area contributed by atoms with Gasteiger partial charge in [-0.05, 0) is 12.1 Å². The summed E-state index contributed by atoms with van der Waals surface area (Å²) < 4.78 is 9.62. The predicted octanol–water partition coefficient (Wildman–Crippen LogP) is 1.55. The van der Waals surface area contributed by atoms with Crippen molar-refractivity contribution in [2.45, 2.75) is 0 Å². The molecule has 0 unspecified atom stereocenters. The number of nitrogens with one attached hydrogen (secondary N) is 2. The van der Waals surface area contributed by atoms with Gasteiger partial charge in [0, 0.05) is 24.8 Å². The molecule has 2 aromatic carbocycles. The van der Waals surface area contributed by atoms with Crippen molar-refractivity contribution < 1.29 is 28.7 Å². The standard InChI is InChI=1S/C20H20N2O6/c1-27-12-11-21-20(26)22-17(23)13-28-19(25)16-9-7-15(8-10-16)18(24)14-5-3-2-4-6-14/h2-10H,11-13H2,1H3,(H2,21,22,23,26). The summed E-state index contributed by atoms with van der Waals surface area (Å²) in [5.74, 6) is -1.67. The molecule has 2 N–H and O–H groups in total. The third-order valence-electron chi connectivity index (χ3n) is 3.60. The number of carbonyl (C=O) groups excluding carboxylic acids is 4. The van der Waals surface area contributed by atoms with E-state index in [1.807, 2.05) is 11.4 Å². The zero-order valence-corrected chi connectivity index (χ0v) is 15.3. The lowest BCUT2D eigenvalue weighted by atomic mass is 10.0. The topological polar surface area (TPSA) is 111 Å². The monoisotopic (exact) mass is 384 g/mol. The molecule has 0 saturated heterocycles. The molecule has 8 nitrogen and oxygen atoms in total. The summed E-state index contributed by atoms with van der Waals surface area (Å²) in [7, 11) is 1.48. The summed E-state index contributed by atoms with van der Waals surface area (Å²) in [6, 6.07) is 13.9. The van der Waals surface area contributed by atoms with Crippen molar-refractivity contribution in [1.29, 1.82) is 0 Å². The molecule has 0 radical (unpaired) electrons. The van der Waals surface area contributed by atoms with E-state index in [4.69, 9.17) is 9.47 Å². The van der Waals surface area contributed by atoms with E-state index in [2.05, 4.69) is 5.32 Å². The van der Waals surface area contributed by atoms with Gasteiger partial charge in [0.1, 0.15) is 0 Å². The van der Waals surface area contributed by atoms with Crippen LogP contribution in [0.3, 0.4) is 0 Å². The Morgan fingerprint density at radius 3 is 2.11 bits per heavy atom. The molecule has 0 fully saturated rings. The molecule has 0 saturated carbocycles. The van der Waals surface area contributed by atoms with Crippen LogP contribution >= 0.6 is 0 Å². The molecule has 2 rings (SSSR count). The molecule has 0 heterocycles. The lowest BCUT2D eigenvalue weighted by Crippen LogP contribution is -2.42. The van der Waals surface area contributed by atoms with Crippen LogP contribution < -0.4 is 10.6 Å². The number of hydrogen-bond donors (Lipinski definition) is 2. The number of methoxy groups -OCH3 is 1. The Bertz CT molecular complexity index is 834. The number of urea groups is 1. The van der Waals surface area contributed by atoms with Crippen molar-refractivity contribution in [1.82, 2.24) is 10.6 Å². The first-order chi connectivity index (χ1) is 13.5. The summed E-state index contributed by atoms with van der Waals surface area (Å²) in [6.07, 6.45) is 0. The van der Waals surface area contributed by atoms with Gasteiger partial charge in [-0.15, -0.1) is 0 Å². The Labute approximate surface area is 161 Å². The molecule has 0 spiro atoms. The Balaban J connectivity index is 1.83. The van der Waals surface area contributed by atoms with Crippen molar-refractivity contribution in [2.24, 2.45) is 0 Å². The van der Waals surface area contributed by atoms with E-state index in [1.54, 1.807) is 24.3 Å². The fourth-order valence-electron chi connectivity index (χ4n) is 2.20. The van der Waals surface area contributed by atoms with Crippen LogP contribution in [0.1, 0.15) is 26.3 Å². The smallest absolute Gasteiger partial charge is 0.338 e. The van der Waals surface area contributed by atoms with Gasteiger partial charge in [0.25, 0.3) is 5.91 Å². The zero-order valence-electron chi connectivity index (χ0n) is 15.3. The Hall–Kier alpha value is -3.52. The predicted molar refractivity (Wildman–Crippen MR) is 100 cm³/mol. The summed E-state index contributed by atoms with van der Waals surface area (Å²) >= 11 is 0. The SMILES string of the molecule is COCCNC(=O)NC(=O)COC(=O)c1ccc(C(=O)c2ccccc2)cc1. The van der Waals surface area contributed by atoms with Crippen LogP contribution in [0.25, 0.3) is 0 Å². The van der Waals surface area contributed by atoms with Crippen LogP contribution in [0.5, 0.6) is 0 Å². The first kappa shape index (κ1) is 20.8. The van der Waals surface area contributed by atoms with Crippen molar-refractivity contribution in [3.63, 3.8) is 0 Å². The van der Waals surface area contributed by atoms with Gasteiger partial charge in [0.2, 0.25) is 0 Å². The lowest BCUT2D eigenvalue weighted by Gasteiger charge is -2.07. The van der Waals surface area contributed by atoms with E-state index in [0.717, 1.165) is 0 Å². The first-order valence-corrected chi connectivity index (χ1v) is 8.45. The lowest BCUT2D eigenvalue weighted by molar-refractivity contribution is -0.123. The van der Waals surface area contributed by atoms with E-state index in [-0.39, 0.29) is 17.9 Å². The second kappa shape index (κ2) is 10.6. The summed E-state index contributed by atoms with van der Waals surface area (Å²) in [5.41, 5.74) is 1.15. The van der Waals surface area contributed by atoms with Gasteiger partial charge in [0.05, 0.1) is 12.2 Å². The molecular formula is C20H20N2O6. The van der Waals surface area contributed by atoms with Crippen LogP contribution in [0, 0.1) is 0 Å². The maximum absolute atomic E-state index is 12.3. The molecule has 0 aromatic heterocycles. The largest absolute Gasteiger partial charge is 0.452 e. The number of imide groups is 1. The highest BCUT2D eigenvalue weighted by Gasteiger charge is 2.14. The molecule has 2 aromatic rings. The average molecular weight is 384 g/mol. The Kier molecular flexibility index (Phi) is 7.86. The number of esters is 1. The van der Waals surface area contributed by atoms with Gasteiger partial charge in [-0.2, -0.15) is 0 Å². The molecule has 0 atom stereocenters. The van der Waals surface area contributed by atoms with E-state index in [1.165, 1.54) is 31.4 Å². The molecule has 8 heteroatoms. The highest BCUT2D eigenvalue weighted by molar-refractivity contribution is 6.09. The molecule has 28 heavy (non-hydrogen) atoms. The van der Waals surface area contributed by atoms with Crippen LogP contribution in [-0.4, -0.2) is 50.6 Å². The summed E-state index contributed by atoms with van der Waals surface area (Å²) in [4.78, 5) is 47.3. The third-order valence-corrected chi connectivity index (χ3v) is 3.60. The number of carbonyl (C=O) groups is 4. The van der Waals surface area contributed by atoms with Gasteiger partial charge in [-0.3, -0.25) is 14.9 Å². The number of ether oxygens (including phenoxy) is 2. The third kappa shape index (κ3) is 6.33. The average Bonchev–Trinajstić information content (AvgIpc) is 2.72. The van der Waals surface area contributed by atoms with Gasteiger partial charge < -0.3 is 14.8 Å². The van der Waals surface area contributed by atoms with E-state index >= 15 is 0 Å². The van der Waals surface area contributed by atoms with Crippen molar-refractivity contribution in [3.05, 3.63) is 71.3 Å². The van der Waals surface area contributed by atoms with Gasteiger partial charge >= 0.3 is 12.0 Å². The van der Waals surface area contributed by atoms with Gasteiger partial charge in [-0.25, -0.2) is 9.59 Å². The number of hydrogen-bond acceptors (Lipinski definition) is 6. The maximum Gasteiger partial charge on any atom is 0.338 e. The first-order valence-electron chi connectivity index (χ1n) is 8.45. The Morgan fingerprint density at radius 2 is 1.46 bits per heavy atom. The summed E-state index contributed by atoms with van der Waals surface area (Å²) in [6.45, 7) is -0.0654. The second-order valence-corrected chi connectivity index (χ2v) is 5.65. The number of ketones is 1. The van der Waals surface area contributed by atoms with Gasteiger partial charge in [-0.1, -0.05) is 42.5 Å². The van der Waals surface area contributed by atoms with E-state index < -0.39 is 24.5 Å². The van der Waals surface area contributed by atoms with E-state index in [9.17, 15) is 19.2 Å². The molecule has 3 amide bonds. The number of rotatable bonds is 8. The molecule has 0 aliphatic carbocycles. The molecule has 0 bridgehead atoms. The fraction of sp³-hybridized carbons (Fsp3) is 0.200. The quantitative estimate of drug-likeness (QED) is 0.406. The maximum atomic E-state index is 12.3. The zero-order chi connectivity index (χ0) is 20.4. The van der Waals surface area contributed by atoms with Gasteiger partial charge in [0.15, 0.2) is 12.4 Å². The molecule has 0 aliphatic heterocycles. The molecule has 146 valence electrons.